The largest absolute Gasteiger partial charge is 0.358 e. The Bertz CT molecular complexity index is 494. The molecule has 2 aromatic heterocycles. The maximum atomic E-state index is 12.1. The molecule has 2 aromatic rings. The molecule has 3 rings (SSSR count). The molecule has 0 aliphatic carbocycles. The van der Waals surface area contributed by atoms with E-state index in [4.69, 9.17) is 0 Å². The van der Waals surface area contributed by atoms with Gasteiger partial charge in [-0.2, -0.15) is 0 Å². The highest BCUT2D eigenvalue weighted by Crippen LogP contribution is 2.20. The van der Waals surface area contributed by atoms with Crippen molar-refractivity contribution in [1.29, 1.82) is 0 Å². The molecule has 0 amide bonds. The zero-order valence-corrected chi connectivity index (χ0v) is 8.36. The minimum Gasteiger partial charge on any atom is -0.358 e. The summed E-state index contributed by atoms with van der Waals surface area (Å²) in [6.45, 7) is 0.976. The van der Waals surface area contributed by atoms with Crippen LogP contribution in [0.3, 0.4) is 0 Å². The van der Waals surface area contributed by atoms with Gasteiger partial charge in [-0.25, -0.2) is 0 Å². The van der Waals surface area contributed by atoms with Crippen molar-refractivity contribution in [3.05, 3.63) is 47.5 Å². The number of H-pyrrole nitrogens is 1. The van der Waals surface area contributed by atoms with Crippen molar-refractivity contribution < 1.29 is 4.79 Å². The van der Waals surface area contributed by atoms with Gasteiger partial charge in [0.25, 0.3) is 0 Å². The van der Waals surface area contributed by atoms with Crippen molar-refractivity contribution in [2.75, 3.05) is 0 Å². The van der Waals surface area contributed by atoms with Crippen molar-refractivity contribution in [2.45, 2.75) is 19.4 Å². The first-order valence-corrected chi connectivity index (χ1v) is 5.23. The first-order valence-electron chi connectivity index (χ1n) is 5.23. The fourth-order valence-corrected chi connectivity index (χ4v) is 2.22. The van der Waals surface area contributed by atoms with Gasteiger partial charge in [-0.3, -0.25) is 4.79 Å². The van der Waals surface area contributed by atoms with Crippen LogP contribution in [-0.4, -0.2) is 15.3 Å². The van der Waals surface area contributed by atoms with Crippen LogP contribution in [0.2, 0.25) is 0 Å². The van der Waals surface area contributed by atoms with Crippen molar-refractivity contribution in [1.82, 2.24) is 9.55 Å². The summed E-state index contributed by atoms with van der Waals surface area (Å²) in [7, 11) is 0. The third kappa shape index (κ3) is 1.23. The Morgan fingerprint density at radius 3 is 3.07 bits per heavy atom. The number of carbonyl (C=O) groups is 1. The summed E-state index contributed by atoms with van der Waals surface area (Å²) in [6, 6.07) is 7.65. The molecule has 76 valence electrons. The van der Waals surface area contributed by atoms with Crippen molar-refractivity contribution in [3.8, 4) is 0 Å². The lowest BCUT2D eigenvalue weighted by Gasteiger charge is -2.03. The number of hydrogen-bond donors (Lipinski definition) is 1. The van der Waals surface area contributed by atoms with E-state index >= 15 is 0 Å². The maximum absolute atomic E-state index is 12.1. The average Bonchev–Trinajstić information content (AvgIpc) is 2.94. The van der Waals surface area contributed by atoms with E-state index in [1.807, 2.05) is 18.2 Å². The van der Waals surface area contributed by atoms with E-state index < -0.39 is 0 Å². The average molecular weight is 200 g/mol. The van der Waals surface area contributed by atoms with Crippen molar-refractivity contribution in [3.63, 3.8) is 0 Å². The minimum atomic E-state index is 0.0909. The van der Waals surface area contributed by atoms with Gasteiger partial charge in [-0.15, -0.1) is 0 Å². The summed E-state index contributed by atoms with van der Waals surface area (Å²) in [5.41, 5.74) is 2.76. The highest BCUT2D eigenvalue weighted by atomic mass is 16.1. The molecule has 3 heterocycles. The van der Waals surface area contributed by atoms with Gasteiger partial charge in [0.05, 0.1) is 11.4 Å². The second-order valence-corrected chi connectivity index (χ2v) is 3.88. The SMILES string of the molecule is O=C(c1ccc[nH]1)c1ccc2n1CCC2. The molecule has 3 heteroatoms. The quantitative estimate of drug-likeness (QED) is 0.740. The second-order valence-electron chi connectivity index (χ2n) is 3.88. The van der Waals surface area contributed by atoms with Crippen LogP contribution in [0.1, 0.15) is 28.3 Å². The van der Waals surface area contributed by atoms with Crippen LogP contribution < -0.4 is 0 Å². The lowest BCUT2D eigenvalue weighted by atomic mass is 10.2. The van der Waals surface area contributed by atoms with Crippen LogP contribution in [0.25, 0.3) is 0 Å². The van der Waals surface area contributed by atoms with E-state index in [1.54, 1.807) is 6.20 Å². The zero-order valence-electron chi connectivity index (χ0n) is 8.36. The predicted octanol–water partition coefficient (Wildman–Crippen LogP) is 1.99. The third-order valence-corrected chi connectivity index (χ3v) is 2.96. The molecule has 0 atom stereocenters. The molecular formula is C12H12N2O. The van der Waals surface area contributed by atoms with E-state index in [0.717, 1.165) is 25.1 Å². The number of fused-ring (bicyclic) bond motifs is 1. The number of aromatic nitrogens is 2. The molecule has 3 nitrogen and oxygen atoms in total. The van der Waals surface area contributed by atoms with Crippen molar-refractivity contribution in [2.24, 2.45) is 0 Å². The highest BCUT2D eigenvalue weighted by Gasteiger charge is 2.19. The number of carbonyl (C=O) groups excluding carboxylic acids is 1. The topological polar surface area (TPSA) is 37.8 Å². The monoisotopic (exact) mass is 200 g/mol. The maximum Gasteiger partial charge on any atom is 0.225 e. The number of rotatable bonds is 2. The standard InChI is InChI=1S/C12H12N2O/c15-12(10-4-1-7-13-10)11-6-5-9-3-2-8-14(9)11/h1,4-7,13H,2-3,8H2. The Balaban J connectivity index is 2.03. The lowest BCUT2D eigenvalue weighted by Crippen LogP contribution is -2.09. The molecule has 0 spiro atoms. The van der Waals surface area contributed by atoms with E-state index in [9.17, 15) is 4.79 Å². The molecule has 0 aromatic carbocycles. The molecule has 1 N–H and O–H groups in total. The smallest absolute Gasteiger partial charge is 0.225 e. The Hall–Kier alpha value is -1.77. The number of aromatic amines is 1. The van der Waals surface area contributed by atoms with Gasteiger partial charge >= 0.3 is 0 Å². The normalized spacial score (nSPS) is 14.1. The van der Waals surface area contributed by atoms with Crippen LogP contribution in [-0.2, 0) is 13.0 Å². The molecular weight excluding hydrogens is 188 g/mol. The third-order valence-electron chi connectivity index (χ3n) is 2.96. The predicted molar refractivity (Wildman–Crippen MR) is 57.0 cm³/mol. The first kappa shape index (κ1) is 8.53. The molecule has 0 saturated carbocycles. The Labute approximate surface area is 87.7 Å². The van der Waals surface area contributed by atoms with Gasteiger partial charge < -0.3 is 9.55 Å². The molecule has 0 radical (unpaired) electrons. The number of nitrogens with zero attached hydrogens (tertiary/aromatic N) is 1. The highest BCUT2D eigenvalue weighted by molar-refractivity contribution is 6.06. The Kier molecular flexibility index (Phi) is 1.78. The number of nitrogens with one attached hydrogen (secondary N) is 1. The van der Waals surface area contributed by atoms with Gasteiger partial charge in [0.15, 0.2) is 0 Å². The molecule has 0 saturated heterocycles. The van der Waals surface area contributed by atoms with Crippen LogP contribution in [0.15, 0.2) is 30.5 Å². The first-order chi connectivity index (χ1) is 7.36. The van der Waals surface area contributed by atoms with E-state index in [2.05, 4.69) is 15.6 Å². The van der Waals surface area contributed by atoms with Crippen LogP contribution in [0.4, 0.5) is 0 Å². The molecule has 15 heavy (non-hydrogen) atoms. The summed E-state index contributed by atoms with van der Waals surface area (Å²) in [6.07, 6.45) is 4.03. The summed E-state index contributed by atoms with van der Waals surface area (Å²) in [4.78, 5) is 15.0. The van der Waals surface area contributed by atoms with Gasteiger partial charge in [-0.1, -0.05) is 0 Å². The molecule has 0 unspecified atom stereocenters. The minimum absolute atomic E-state index is 0.0909. The zero-order chi connectivity index (χ0) is 10.3. The van der Waals surface area contributed by atoms with Gasteiger partial charge in [0.1, 0.15) is 0 Å². The molecule has 0 fully saturated rings. The Morgan fingerprint density at radius 2 is 2.27 bits per heavy atom. The van der Waals surface area contributed by atoms with E-state index in [0.29, 0.717) is 5.69 Å². The van der Waals surface area contributed by atoms with Gasteiger partial charge in [-0.05, 0) is 37.1 Å². The number of aryl methyl sites for hydroxylation is 1. The lowest BCUT2D eigenvalue weighted by molar-refractivity contribution is 0.102. The van der Waals surface area contributed by atoms with Crippen LogP contribution in [0, 0.1) is 0 Å². The molecule has 1 aliphatic heterocycles. The molecule has 1 aliphatic rings. The van der Waals surface area contributed by atoms with E-state index in [1.165, 1.54) is 5.69 Å². The van der Waals surface area contributed by atoms with Gasteiger partial charge in [0, 0.05) is 18.4 Å². The summed E-state index contributed by atoms with van der Waals surface area (Å²) >= 11 is 0. The van der Waals surface area contributed by atoms with E-state index in [-0.39, 0.29) is 5.78 Å². The number of ketones is 1. The van der Waals surface area contributed by atoms with Crippen LogP contribution >= 0.6 is 0 Å². The van der Waals surface area contributed by atoms with Crippen LogP contribution in [0.5, 0.6) is 0 Å². The fourth-order valence-electron chi connectivity index (χ4n) is 2.22. The Morgan fingerprint density at radius 1 is 1.33 bits per heavy atom. The summed E-state index contributed by atoms with van der Waals surface area (Å²) in [5, 5.41) is 0. The second kappa shape index (κ2) is 3.12. The summed E-state index contributed by atoms with van der Waals surface area (Å²) in [5.74, 6) is 0.0909. The van der Waals surface area contributed by atoms with Gasteiger partial charge in [0.2, 0.25) is 5.78 Å². The van der Waals surface area contributed by atoms with Crippen molar-refractivity contribution >= 4 is 5.78 Å². The fraction of sp³-hybridized carbons (Fsp3) is 0.250. The molecule has 0 bridgehead atoms. The summed E-state index contributed by atoms with van der Waals surface area (Å²) < 4.78 is 2.13. The number of hydrogen-bond acceptors (Lipinski definition) is 1.